The Kier molecular flexibility index (Phi) is 8.96. The van der Waals surface area contributed by atoms with Crippen molar-refractivity contribution >= 4 is 11.8 Å². The van der Waals surface area contributed by atoms with Gasteiger partial charge in [0.05, 0.1) is 0 Å². The van der Waals surface area contributed by atoms with Crippen molar-refractivity contribution < 1.29 is 12.4 Å². The van der Waals surface area contributed by atoms with Crippen LogP contribution in [0, 0.1) is 0 Å². The van der Waals surface area contributed by atoms with Crippen molar-refractivity contribution in [3.05, 3.63) is 35.9 Å². The quantitative estimate of drug-likeness (QED) is 0.572. The largest absolute Gasteiger partial charge is 0.352 e. The fraction of sp³-hybridized carbons (Fsp3) is 0.556. The zero-order valence-corrected chi connectivity index (χ0v) is 13.7. The lowest BCUT2D eigenvalue weighted by atomic mass is 10.1. The molecule has 1 heterocycles. The molecule has 1 saturated heterocycles. The monoisotopic (exact) mass is 308 g/mol. The first-order valence-electron chi connectivity index (χ1n) is 8.37. The fourth-order valence-electron chi connectivity index (χ4n) is 2.28. The maximum Gasteiger partial charge on any atom is 0.244 e. The second-order valence-corrected chi connectivity index (χ2v) is 5.27. The van der Waals surface area contributed by atoms with Gasteiger partial charge in [0.1, 0.15) is 6.04 Å². The number of aryl methyl sites for hydroxylation is 1. The normalized spacial score (nSPS) is 15.9. The van der Waals surface area contributed by atoms with Crippen LogP contribution in [0.3, 0.4) is 0 Å². The topological polar surface area (TPSA) is 58.2 Å². The Morgan fingerprint density at radius 3 is 2.45 bits per heavy atom. The number of amides is 2. The number of unbranched alkanes of at least 4 members (excludes halogenated alkanes) is 3. The van der Waals surface area contributed by atoms with Crippen LogP contribution in [0.2, 0.25) is 0 Å². The average Bonchev–Trinajstić information content (AvgIpc) is 2.57. The van der Waals surface area contributed by atoms with Gasteiger partial charge in [-0.1, -0.05) is 57.0 Å². The lowest BCUT2D eigenvalue weighted by molar-refractivity contribution is -0.133. The fourth-order valence-corrected chi connectivity index (χ4v) is 2.28. The number of nitrogens with one attached hydrogen (secondary N) is 2. The molecule has 0 bridgehead atoms. The maximum atomic E-state index is 11.6. The lowest BCUT2D eigenvalue weighted by Gasteiger charge is -2.26. The van der Waals surface area contributed by atoms with Crippen LogP contribution in [-0.4, -0.2) is 24.4 Å². The van der Waals surface area contributed by atoms with Gasteiger partial charge in [0, 0.05) is 15.8 Å². The van der Waals surface area contributed by atoms with Crippen LogP contribution in [-0.2, 0) is 16.0 Å². The van der Waals surface area contributed by atoms with Crippen LogP contribution in [0.4, 0.5) is 0 Å². The van der Waals surface area contributed by atoms with E-state index in [1.54, 1.807) is 0 Å². The first-order chi connectivity index (χ1) is 10.8. The number of hydrogen-bond acceptors (Lipinski definition) is 2. The third-order valence-corrected chi connectivity index (χ3v) is 3.59. The van der Waals surface area contributed by atoms with Crippen LogP contribution in [0.25, 0.3) is 0 Å². The van der Waals surface area contributed by atoms with E-state index in [0.717, 1.165) is 32.1 Å². The van der Waals surface area contributed by atoms with E-state index in [-0.39, 0.29) is 20.7 Å². The van der Waals surface area contributed by atoms with E-state index in [1.165, 1.54) is 5.56 Å². The molecule has 0 spiro atoms. The summed E-state index contributed by atoms with van der Waals surface area (Å²) in [6.45, 7) is 4.57. The Bertz CT molecular complexity index is 456. The van der Waals surface area contributed by atoms with E-state index in [0.29, 0.717) is 13.0 Å². The Morgan fingerprint density at radius 2 is 1.86 bits per heavy atom. The highest BCUT2D eigenvalue weighted by Gasteiger charge is 2.28. The summed E-state index contributed by atoms with van der Waals surface area (Å²) in [7, 11) is 0. The van der Waals surface area contributed by atoms with Crippen molar-refractivity contribution in [2.45, 2.75) is 58.4 Å². The molecular weight excluding hydrogens is 276 g/mol. The highest BCUT2D eigenvalue weighted by Crippen LogP contribution is 2.09. The van der Waals surface area contributed by atoms with Gasteiger partial charge in [-0.15, -0.1) is 0 Å². The Balaban J connectivity index is 0. The highest BCUT2D eigenvalue weighted by atomic mass is 16.2. The van der Waals surface area contributed by atoms with E-state index in [9.17, 15) is 9.59 Å². The molecule has 22 heavy (non-hydrogen) atoms. The van der Waals surface area contributed by atoms with Gasteiger partial charge < -0.3 is 10.6 Å². The summed E-state index contributed by atoms with van der Waals surface area (Å²) in [6, 6.07) is 10.2. The second kappa shape index (κ2) is 10.8. The summed E-state index contributed by atoms with van der Waals surface area (Å²) in [5.74, 6) is -0.0749. The summed E-state index contributed by atoms with van der Waals surface area (Å²) >= 11 is 0. The molecule has 4 heteroatoms. The zero-order valence-electron chi connectivity index (χ0n) is 13.7. The molecule has 0 aliphatic carbocycles. The maximum absolute atomic E-state index is 11.6. The van der Waals surface area contributed by atoms with Gasteiger partial charge in [-0.05, 0) is 24.8 Å². The Morgan fingerprint density at radius 1 is 1.18 bits per heavy atom. The van der Waals surface area contributed by atoms with Gasteiger partial charge in [0.25, 0.3) is 0 Å². The van der Waals surface area contributed by atoms with Crippen molar-refractivity contribution in [2.75, 3.05) is 6.54 Å². The van der Waals surface area contributed by atoms with Gasteiger partial charge >= 0.3 is 0 Å². The smallest absolute Gasteiger partial charge is 0.244 e. The van der Waals surface area contributed by atoms with Crippen LogP contribution < -0.4 is 10.6 Å². The van der Waals surface area contributed by atoms with E-state index in [2.05, 4.69) is 34.9 Å². The minimum atomic E-state index is -0.291. The summed E-state index contributed by atoms with van der Waals surface area (Å²) in [5.41, 5.74) is 1.38. The minimum absolute atomic E-state index is 0. The molecular formula is C18H32N2O2. The second-order valence-electron chi connectivity index (χ2n) is 5.27. The molecule has 1 aliphatic rings. The van der Waals surface area contributed by atoms with Crippen LogP contribution >= 0.6 is 0 Å². The number of carbonyl (C=O) groups is 2. The Hall–Kier alpha value is -1.84. The number of benzene rings is 1. The van der Waals surface area contributed by atoms with Crippen molar-refractivity contribution in [3.63, 3.8) is 0 Å². The molecule has 1 atom stereocenters. The van der Waals surface area contributed by atoms with Crippen molar-refractivity contribution in [1.29, 1.82) is 0 Å². The Labute approximate surface area is 136 Å². The van der Waals surface area contributed by atoms with Crippen LogP contribution in [0.1, 0.15) is 54.4 Å². The lowest BCUT2D eigenvalue weighted by Crippen LogP contribution is -2.61. The molecule has 0 aromatic heterocycles. The molecule has 1 aliphatic heterocycles. The average molecular weight is 308 g/mol. The molecule has 2 N–H and O–H groups in total. The third kappa shape index (κ3) is 6.74. The predicted molar refractivity (Wildman–Crippen MR) is 93.7 cm³/mol. The molecule has 0 radical (unpaired) electrons. The summed E-state index contributed by atoms with van der Waals surface area (Å²) in [5, 5.41) is 5.34. The van der Waals surface area contributed by atoms with E-state index in [4.69, 9.17) is 0 Å². The molecule has 126 valence electrons. The SMILES string of the molecule is CC.O=C(CCCCCCc1ccccc1)N[C@@H]1CNC1=O.[HH].[HH]. The summed E-state index contributed by atoms with van der Waals surface area (Å²) in [4.78, 5) is 22.5. The van der Waals surface area contributed by atoms with Gasteiger partial charge in [-0.2, -0.15) is 0 Å². The first kappa shape index (κ1) is 18.2. The van der Waals surface area contributed by atoms with Crippen molar-refractivity contribution in [2.24, 2.45) is 0 Å². The van der Waals surface area contributed by atoms with Gasteiger partial charge in [0.2, 0.25) is 11.8 Å². The van der Waals surface area contributed by atoms with E-state index in [1.807, 2.05) is 19.9 Å². The molecule has 0 saturated carbocycles. The summed E-state index contributed by atoms with van der Waals surface area (Å²) in [6.07, 6.45) is 5.90. The van der Waals surface area contributed by atoms with Crippen molar-refractivity contribution in [1.82, 2.24) is 10.6 Å². The molecule has 4 nitrogen and oxygen atoms in total. The molecule has 1 aromatic rings. The standard InChI is InChI=1S/C16H22N2O2.C2H6.2H2/c19-15(18-14-12-17-16(14)20)11-7-2-1-4-8-13-9-5-3-6-10-13;1-2;;/h3,5-6,9-10,14H,1-2,4,7-8,11-12H2,(H,17,20)(H,18,19);1-2H3;2*1H/t14-;;;/m1.../s1. The van der Waals surface area contributed by atoms with Crippen molar-refractivity contribution in [3.8, 4) is 0 Å². The number of carbonyl (C=O) groups excluding carboxylic acids is 2. The predicted octanol–water partition coefficient (Wildman–Crippen LogP) is 3.31. The highest BCUT2D eigenvalue weighted by molar-refractivity contribution is 5.92. The van der Waals surface area contributed by atoms with Gasteiger partial charge in [0.15, 0.2) is 0 Å². The molecule has 2 rings (SSSR count). The first-order valence-corrected chi connectivity index (χ1v) is 8.37. The molecule has 1 aromatic carbocycles. The summed E-state index contributed by atoms with van der Waals surface area (Å²) < 4.78 is 0. The number of hydrogen-bond donors (Lipinski definition) is 2. The molecule has 1 fully saturated rings. The minimum Gasteiger partial charge on any atom is -0.352 e. The van der Waals surface area contributed by atoms with Crippen LogP contribution in [0.15, 0.2) is 30.3 Å². The van der Waals surface area contributed by atoms with E-state index >= 15 is 0 Å². The zero-order chi connectivity index (χ0) is 16.2. The van der Waals surface area contributed by atoms with E-state index < -0.39 is 0 Å². The van der Waals surface area contributed by atoms with Gasteiger partial charge in [-0.3, -0.25) is 9.59 Å². The van der Waals surface area contributed by atoms with Gasteiger partial charge in [-0.25, -0.2) is 0 Å². The van der Waals surface area contributed by atoms with Crippen LogP contribution in [0.5, 0.6) is 0 Å². The molecule has 0 unspecified atom stereocenters. The number of β-lactam (4-membered cyclic amide) rings is 1. The molecule has 2 amide bonds. The number of rotatable bonds is 8. The third-order valence-electron chi connectivity index (χ3n) is 3.59.